The van der Waals surface area contributed by atoms with Crippen LogP contribution >= 0.6 is 0 Å². The first kappa shape index (κ1) is 16.5. The highest BCUT2D eigenvalue weighted by Gasteiger charge is 2.16. The molecule has 0 unspecified atom stereocenters. The number of ether oxygens (including phenoxy) is 1. The van der Waals surface area contributed by atoms with Gasteiger partial charge in [-0.3, -0.25) is 4.79 Å². The molecule has 0 saturated heterocycles. The number of rotatable bonds is 6. The van der Waals surface area contributed by atoms with Crippen molar-refractivity contribution in [2.45, 2.75) is 25.2 Å². The summed E-state index contributed by atoms with van der Waals surface area (Å²) in [5.74, 6) is 0.520. The predicted molar refractivity (Wildman–Crippen MR) is 77.9 cm³/mol. The summed E-state index contributed by atoms with van der Waals surface area (Å²) in [5, 5.41) is 2.77. The van der Waals surface area contributed by atoms with Crippen LogP contribution in [0.2, 0.25) is 0 Å². The van der Waals surface area contributed by atoms with Crippen LogP contribution in [0.5, 0.6) is 5.75 Å². The monoisotopic (exact) mass is 299 g/mol. The van der Waals surface area contributed by atoms with Gasteiger partial charge < -0.3 is 10.1 Å². The number of amides is 1. The van der Waals surface area contributed by atoms with Gasteiger partial charge in [-0.25, -0.2) is 8.42 Å². The molecule has 0 heterocycles. The van der Waals surface area contributed by atoms with E-state index in [1.54, 1.807) is 0 Å². The zero-order valence-corrected chi connectivity index (χ0v) is 13.1. The van der Waals surface area contributed by atoms with Crippen molar-refractivity contribution >= 4 is 15.7 Å². The number of hydrogen-bond donors (Lipinski definition) is 1. The number of sulfone groups is 1. The van der Waals surface area contributed by atoms with Crippen LogP contribution < -0.4 is 10.1 Å². The average molecular weight is 299 g/mol. The summed E-state index contributed by atoms with van der Waals surface area (Å²) in [7, 11) is -1.91. The molecule has 112 valence electrons. The first-order chi connectivity index (χ1) is 9.25. The molecule has 0 bridgehead atoms. The minimum Gasteiger partial charge on any atom is -0.496 e. The molecule has 0 aromatic heterocycles. The SMILES string of the molecule is COc1ccc(S(C)(=O)=O)cc1C(=O)NCCC(C)C. The van der Waals surface area contributed by atoms with Crippen LogP contribution in [0.25, 0.3) is 0 Å². The van der Waals surface area contributed by atoms with Gasteiger partial charge in [-0.2, -0.15) is 0 Å². The molecule has 1 aromatic rings. The molecule has 6 heteroatoms. The maximum Gasteiger partial charge on any atom is 0.255 e. The molecule has 0 saturated carbocycles. The predicted octanol–water partition coefficient (Wildman–Crippen LogP) is 1.87. The number of carbonyl (C=O) groups excluding carboxylic acids is 1. The van der Waals surface area contributed by atoms with Crippen LogP contribution in [0.4, 0.5) is 0 Å². The van der Waals surface area contributed by atoms with E-state index in [1.807, 2.05) is 0 Å². The Labute approximate surface area is 120 Å². The third kappa shape index (κ3) is 4.52. The normalized spacial score (nSPS) is 11.4. The van der Waals surface area contributed by atoms with Crippen LogP contribution in [0.3, 0.4) is 0 Å². The lowest BCUT2D eigenvalue weighted by atomic mass is 10.1. The number of benzene rings is 1. The molecule has 0 aliphatic carbocycles. The zero-order chi connectivity index (χ0) is 15.3. The molecule has 0 fully saturated rings. The van der Waals surface area contributed by atoms with E-state index in [0.29, 0.717) is 18.2 Å². The second-order valence-corrected chi connectivity index (χ2v) is 7.09. The second kappa shape index (κ2) is 6.74. The molecular weight excluding hydrogens is 278 g/mol. The maximum absolute atomic E-state index is 12.1. The van der Waals surface area contributed by atoms with Crippen molar-refractivity contribution in [1.82, 2.24) is 5.32 Å². The van der Waals surface area contributed by atoms with Crippen LogP contribution in [0.1, 0.15) is 30.6 Å². The number of hydrogen-bond acceptors (Lipinski definition) is 4. The summed E-state index contributed by atoms with van der Waals surface area (Å²) in [5.41, 5.74) is 0.235. The molecule has 1 rings (SSSR count). The summed E-state index contributed by atoms with van der Waals surface area (Å²) in [6.07, 6.45) is 1.97. The standard InChI is InChI=1S/C14H21NO4S/c1-10(2)7-8-15-14(16)12-9-11(20(4,17)18)5-6-13(12)19-3/h5-6,9-10H,7-8H2,1-4H3,(H,15,16). The Morgan fingerprint density at radius 2 is 2.00 bits per heavy atom. The van der Waals surface area contributed by atoms with Gasteiger partial charge in [-0.05, 0) is 30.5 Å². The molecule has 20 heavy (non-hydrogen) atoms. The van der Waals surface area contributed by atoms with Gasteiger partial charge in [0.25, 0.3) is 5.91 Å². The Balaban J connectivity index is 2.99. The van der Waals surface area contributed by atoms with Crippen LogP contribution in [0.15, 0.2) is 23.1 Å². The number of nitrogens with one attached hydrogen (secondary N) is 1. The fourth-order valence-corrected chi connectivity index (χ4v) is 2.31. The van der Waals surface area contributed by atoms with Crippen molar-refractivity contribution in [3.05, 3.63) is 23.8 Å². The van der Waals surface area contributed by atoms with Gasteiger partial charge in [-0.15, -0.1) is 0 Å². The van der Waals surface area contributed by atoms with E-state index in [-0.39, 0.29) is 16.4 Å². The maximum atomic E-state index is 12.1. The largest absolute Gasteiger partial charge is 0.496 e. The molecule has 0 spiro atoms. The van der Waals surface area contributed by atoms with Crippen molar-refractivity contribution in [2.75, 3.05) is 19.9 Å². The van der Waals surface area contributed by atoms with Gasteiger partial charge in [0.2, 0.25) is 0 Å². The van der Waals surface area contributed by atoms with E-state index >= 15 is 0 Å². The van der Waals surface area contributed by atoms with Crippen LogP contribution in [-0.2, 0) is 9.84 Å². The fourth-order valence-electron chi connectivity index (χ4n) is 1.66. The van der Waals surface area contributed by atoms with E-state index in [4.69, 9.17) is 4.74 Å². The van der Waals surface area contributed by atoms with Gasteiger partial charge in [0.15, 0.2) is 9.84 Å². The van der Waals surface area contributed by atoms with Crippen LogP contribution in [0, 0.1) is 5.92 Å². The highest BCUT2D eigenvalue weighted by atomic mass is 32.2. The van der Waals surface area contributed by atoms with Gasteiger partial charge in [0.1, 0.15) is 5.75 Å². The minimum atomic E-state index is -3.35. The zero-order valence-electron chi connectivity index (χ0n) is 12.3. The van der Waals surface area contributed by atoms with E-state index in [2.05, 4.69) is 19.2 Å². The molecule has 0 atom stereocenters. The molecule has 1 N–H and O–H groups in total. The number of carbonyl (C=O) groups is 1. The summed E-state index contributed by atoms with van der Waals surface area (Å²) in [4.78, 5) is 12.2. The van der Waals surface area contributed by atoms with Crippen molar-refractivity contribution in [3.8, 4) is 5.75 Å². The van der Waals surface area contributed by atoms with Crippen molar-refractivity contribution < 1.29 is 17.9 Å². The fraction of sp³-hybridized carbons (Fsp3) is 0.500. The van der Waals surface area contributed by atoms with Crippen LogP contribution in [-0.4, -0.2) is 34.2 Å². The molecule has 1 aromatic carbocycles. The van der Waals surface area contributed by atoms with Gasteiger partial charge >= 0.3 is 0 Å². The highest BCUT2D eigenvalue weighted by molar-refractivity contribution is 7.90. The molecule has 1 amide bonds. The summed E-state index contributed by atoms with van der Waals surface area (Å²) < 4.78 is 28.2. The average Bonchev–Trinajstić information content (AvgIpc) is 2.36. The van der Waals surface area contributed by atoms with Crippen molar-refractivity contribution in [3.63, 3.8) is 0 Å². The first-order valence-corrected chi connectivity index (χ1v) is 8.31. The van der Waals surface area contributed by atoms with Crippen molar-refractivity contribution in [2.24, 2.45) is 5.92 Å². The molecule has 0 aliphatic heterocycles. The minimum absolute atomic E-state index is 0.104. The lowest BCUT2D eigenvalue weighted by molar-refractivity contribution is 0.0948. The molecular formula is C14H21NO4S. The molecule has 0 radical (unpaired) electrons. The second-order valence-electron chi connectivity index (χ2n) is 5.07. The lowest BCUT2D eigenvalue weighted by Crippen LogP contribution is -2.26. The molecule has 0 aliphatic rings. The third-order valence-corrected chi connectivity index (χ3v) is 3.96. The van der Waals surface area contributed by atoms with E-state index in [0.717, 1.165) is 12.7 Å². The Kier molecular flexibility index (Phi) is 5.56. The summed E-state index contributed by atoms with van der Waals surface area (Å²) in [6, 6.07) is 4.27. The molecule has 5 nitrogen and oxygen atoms in total. The highest BCUT2D eigenvalue weighted by Crippen LogP contribution is 2.22. The van der Waals surface area contributed by atoms with E-state index in [1.165, 1.54) is 25.3 Å². The topological polar surface area (TPSA) is 72.5 Å². The Morgan fingerprint density at radius 3 is 2.50 bits per heavy atom. The smallest absolute Gasteiger partial charge is 0.255 e. The van der Waals surface area contributed by atoms with Gasteiger partial charge in [-0.1, -0.05) is 13.8 Å². The lowest BCUT2D eigenvalue weighted by Gasteiger charge is -2.11. The Hall–Kier alpha value is -1.56. The van der Waals surface area contributed by atoms with Crippen molar-refractivity contribution in [1.29, 1.82) is 0 Å². The Bertz CT molecular complexity index is 579. The third-order valence-electron chi connectivity index (χ3n) is 2.85. The van der Waals surface area contributed by atoms with E-state index in [9.17, 15) is 13.2 Å². The number of methoxy groups -OCH3 is 1. The summed E-state index contributed by atoms with van der Waals surface area (Å²) >= 11 is 0. The van der Waals surface area contributed by atoms with Gasteiger partial charge in [0, 0.05) is 12.8 Å². The van der Waals surface area contributed by atoms with E-state index < -0.39 is 9.84 Å². The van der Waals surface area contributed by atoms with Gasteiger partial charge in [0.05, 0.1) is 17.6 Å². The quantitative estimate of drug-likeness (QED) is 0.870. The summed E-state index contributed by atoms with van der Waals surface area (Å²) in [6.45, 7) is 4.68. The Morgan fingerprint density at radius 1 is 1.35 bits per heavy atom. The first-order valence-electron chi connectivity index (χ1n) is 6.42.